The van der Waals surface area contributed by atoms with Crippen LogP contribution in [-0.4, -0.2) is 29.5 Å². The molecule has 0 saturated carbocycles. The fourth-order valence-corrected chi connectivity index (χ4v) is 3.25. The molecule has 1 aliphatic heterocycles. The Morgan fingerprint density at radius 1 is 1.62 bits per heavy atom. The molecule has 3 nitrogen and oxygen atoms in total. The smallest absolute Gasteiger partial charge is 0.107 e. The lowest BCUT2D eigenvalue weighted by Crippen LogP contribution is -2.35. The Labute approximate surface area is 102 Å². The van der Waals surface area contributed by atoms with E-state index < -0.39 is 0 Å². The molecule has 1 atom stereocenters. The summed E-state index contributed by atoms with van der Waals surface area (Å²) in [4.78, 5) is 7.06. The minimum Gasteiger partial charge on any atom is -0.330 e. The Hall–Kier alpha value is -0.450. The van der Waals surface area contributed by atoms with E-state index in [0.717, 1.165) is 24.7 Å². The third kappa shape index (κ3) is 3.27. The average Bonchev–Trinajstić information content (AvgIpc) is 2.65. The van der Waals surface area contributed by atoms with Crippen molar-refractivity contribution in [3.8, 4) is 0 Å². The SMILES string of the molecule is Cc1csc(CN2CCCC(CCN)C2)n1. The lowest BCUT2D eigenvalue weighted by molar-refractivity contribution is 0.163. The molecule has 1 aromatic heterocycles. The second-order valence-corrected chi connectivity index (χ2v) is 5.65. The van der Waals surface area contributed by atoms with Gasteiger partial charge < -0.3 is 5.73 Å². The molecule has 2 rings (SSSR count). The van der Waals surface area contributed by atoms with Gasteiger partial charge in [0.05, 0.1) is 6.54 Å². The van der Waals surface area contributed by atoms with Crippen LogP contribution in [0.2, 0.25) is 0 Å². The number of rotatable bonds is 4. The van der Waals surface area contributed by atoms with Crippen LogP contribution in [0.3, 0.4) is 0 Å². The van der Waals surface area contributed by atoms with Crippen molar-refractivity contribution in [2.24, 2.45) is 11.7 Å². The third-order valence-corrected chi connectivity index (χ3v) is 4.15. The van der Waals surface area contributed by atoms with Crippen molar-refractivity contribution in [3.63, 3.8) is 0 Å². The first-order chi connectivity index (χ1) is 7.78. The van der Waals surface area contributed by atoms with Crippen LogP contribution in [0.1, 0.15) is 30.0 Å². The van der Waals surface area contributed by atoms with Crippen LogP contribution < -0.4 is 5.73 Å². The number of piperidine rings is 1. The van der Waals surface area contributed by atoms with Crippen molar-refractivity contribution in [2.75, 3.05) is 19.6 Å². The van der Waals surface area contributed by atoms with Crippen LogP contribution in [0.5, 0.6) is 0 Å². The molecular formula is C12H21N3S. The average molecular weight is 239 g/mol. The van der Waals surface area contributed by atoms with E-state index >= 15 is 0 Å². The lowest BCUT2D eigenvalue weighted by atomic mass is 9.95. The number of likely N-dealkylation sites (tertiary alicyclic amines) is 1. The van der Waals surface area contributed by atoms with E-state index in [4.69, 9.17) is 5.73 Å². The number of aromatic nitrogens is 1. The van der Waals surface area contributed by atoms with Gasteiger partial charge in [-0.25, -0.2) is 4.98 Å². The molecule has 1 saturated heterocycles. The van der Waals surface area contributed by atoms with Gasteiger partial charge in [-0.3, -0.25) is 4.90 Å². The molecule has 1 aliphatic rings. The first-order valence-electron chi connectivity index (χ1n) is 6.11. The second-order valence-electron chi connectivity index (χ2n) is 4.70. The van der Waals surface area contributed by atoms with Gasteiger partial charge >= 0.3 is 0 Å². The molecule has 0 amide bonds. The van der Waals surface area contributed by atoms with Gasteiger partial charge in [-0.1, -0.05) is 0 Å². The Kier molecular flexibility index (Phi) is 4.32. The highest BCUT2D eigenvalue weighted by atomic mass is 32.1. The summed E-state index contributed by atoms with van der Waals surface area (Å²) in [7, 11) is 0. The summed E-state index contributed by atoms with van der Waals surface area (Å²) in [6.45, 7) is 6.34. The zero-order chi connectivity index (χ0) is 11.4. The summed E-state index contributed by atoms with van der Waals surface area (Å²) < 4.78 is 0. The van der Waals surface area contributed by atoms with Gasteiger partial charge in [0, 0.05) is 17.6 Å². The van der Waals surface area contributed by atoms with Gasteiger partial charge in [0.25, 0.3) is 0 Å². The lowest BCUT2D eigenvalue weighted by Gasteiger charge is -2.31. The summed E-state index contributed by atoms with van der Waals surface area (Å²) in [6, 6.07) is 0. The van der Waals surface area contributed by atoms with E-state index in [-0.39, 0.29) is 0 Å². The number of thiazole rings is 1. The summed E-state index contributed by atoms with van der Waals surface area (Å²) in [6.07, 6.45) is 3.84. The predicted octanol–water partition coefficient (Wildman–Crippen LogP) is 2.01. The van der Waals surface area contributed by atoms with E-state index in [1.807, 2.05) is 0 Å². The van der Waals surface area contributed by atoms with Crippen LogP contribution in [0, 0.1) is 12.8 Å². The molecular weight excluding hydrogens is 218 g/mol. The number of nitrogens with zero attached hydrogens (tertiary/aromatic N) is 2. The van der Waals surface area contributed by atoms with Crippen LogP contribution in [0.4, 0.5) is 0 Å². The highest BCUT2D eigenvalue weighted by molar-refractivity contribution is 7.09. The van der Waals surface area contributed by atoms with Crippen molar-refractivity contribution in [1.29, 1.82) is 0 Å². The molecule has 1 fully saturated rings. The molecule has 2 heterocycles. The zero-order valence-corrected chi connectivity index (χ0v) is 10.8. The summed E-state index contributed by atoms with van der Waals surface area (Å²) in [5.74, 6) is 0.805. The van der Waals surface area contributed by atoms with E-state index in [2.05, 4.69) is 22.2 Å². The van der Waals surface area contributed by atoms with Crippen molar-refractivity contribution >= 4 is 11.3 Å². The topological polar surface area (TPSA) is 42.1 Å². The van der Waals surface area contributed by atoms with E-state index in [1.54, 1.807) is 11.3 Å². The van der Waals surface area contributed by atoms with Crippen LogP contribution in [0.25, 0.3) is 0 Å². The molecule has 1 unspecified atom stereocenters. The largest absolute Gasteiger partial charge is 0.330 e. The fraction of sp³-hybridized carbons (Fsp3) is 0.750. The van der Waals surface area contributed by atoms with E-state index in [0.29, 0.717) is 0 Å². The van der Waals surface area contributed by atoms with Gasteiger partial charge in [-0.2, -0.15) is 0 Å². The van der Waals surface area contributed by atoms with Crippen molar-refractivity contribution in [1.82, 2.24) is 9.88 Å². The third-order valence-electron chi connectivity index (χ3n) is 3.20. The predicted molar refractivity (Wildman–Crippen MR) is 68.5 cm³/mol. The highest BCUT2D eigenvalue weighted by Crippen LogP contribution is 2.21. The minimum absolute atomic E-state index is 0.805. The first kappa shape index (κ1) is 12.0. The monoisotopic (exact) mass is 239 g/mol. The van der Waals surface area contributed by atoms with Gasteiger partial charge in [0.15, 0.2) is 0 Å². The minimum atomic E-state index is 0.805. The van der Waals surface area contributed by atoms with E-state index in [9.17, 15) is 0 Å². The molecule has 4 heteroatoms. The van der Waals surface area contributed by atoms with Gasteiger partial charge in [0.2, 0.25) is 0 Å². The van der Waals surface area contributed by atoms with Gasteiger partial charge in [0.1, 0.15) is 5.01 Å². The number of hydrogen-bond acceptors (Lipinski definition) is 4. The van der Waals surface area contributed by atoms with Crippen LogP contribution >= 0.6 is 11.3 Å². The molecule has 1 aromatic rings. The standard InChI is InChI=1S/C12H21N3S/c1-10-9-16-12(14-10)8-15-6-2-3-11(7-15)4-5-13/h9,11H,2-8,13H2,1H3. The maximum absolute atomic E-state index is 5.63. The summed E-state index contributed by atoms with van der Waals surface area (Å²) in [5.41, 5.74) is 6.78. The Balaban J connectivity index is 1.85. The molecule has 90 valence electrons. The van der Waals surface area contributed by atoms with Gasteiger partial charge in [-0.15, -0.1) is 11.3 Å². The molecule has 0 bridgehead atoms. The van der Waals surface area contributed by atoms with Gasteiger partial charge in [-0.05, 0) is 45.2 Å². The second kappa shape index (κ2) is 5.75. The summed E-state index contributed by atoms with van der Waals surface area (Å²) >= 11 is 1.78. The highest BCUT2D eigenvalue weighted by Gasteiger charge is 2.19. The summed E-state index contributed by atoms with van der Waals surface area (Å²) in [5, 5.41) is 3.39. The van der Waals surface area contributed by atoms with Crippen LogP contribution in [0.15, 0.2) is 5.38 Å². The Morgan fingerprint density at radius 2 is 2.50 bits per heavy atom. The number of nitrogens with two attached hydrogens (primary N) is 1. The van der Waals surface area contributed by atoms with Crippen LogP contribution in [-0.2, 0) is 6.54 Å². The quantitative estimate of drug-likeness (QED) is 0.874. The van der Waals surface area contributed by atoms with Crippen molar-refractivity contribution < 1.29 is 0 Å². The number of hydrogen-bond donors (Lipinski definition) is 1. The molecule has 0 radical (unpaired) electrons. The van der Waals surface area contributed by atoms with E-state index in [1.165, 1.54) is 37.4 Å². The molecule has 0 aromatic carbocycles. The molecule has 0 spiro atoms. The fourth-order valence-electron chi connectivity index (χ4n) is 2.43. The molecule has 2 N–H and O–H groups in total. The Morgan fingerprint density at radius 3 is 3.19 bits per heavy atom. The first-order valence-corrected chi connectivity index (χ1v) is 6.99. The maximum Gasteiger partial charge on any atom is 0.107 e. The maximum atomic E-state index is 5.63. The number of aryl methyl sites for hydroxylation is 1. The molecule has 0 aliphatic carbocycles. The molecule has 16 heavy (non-hydrogen) atoms. The van der Waals surface area contributed by atoms with Crippen molar-refractivity contribution in [2.45, 2.75) is 32.7 Å². The Bertz CT molecular complexity index is 322. The zero-order valence-electron chi connectivity index (χ0n) is 9.98. The van der Waals surface area contributed by atoms with Crippen molar-refractivity contribution in [3.05, 3.63) is 16.1 Å². The normalized spacial score (nSPS) is 22.5.